The summed E-state index contributed by atoms with van der Waals surface area (Å²) >= 11 is 3.49. The molecule has 3 heteroatoms. The standard InChI is InChI=1S/C15H15BrFN/c1-11-8-13(4-7-15(11)16)10-18-9-12-2-5-14(17)6-3-12/h2-8,18H,9-10H2,1H3. The molecule has 94 valence electrons. The Balaban J connectivity index is 1.88. The molecule has 0 heterocycles. The first-order valence-corrected chi connectivity index (χ1v) is 6.64. The van der Waals surface area contributed by atoms with Gasteiger partial charge in [-0.2, -0.15) is 0 Å². The topological polar surface area (TPSA) is 12.0 Å². The van der Waals surface area contributed by atoms with Crippen LogP contribution in [0.1, 0.15) is 16.7 Å². The summed E-state index contributed by atoms with van der Waals surface area (Å²) in [4.78, 5) is 0. The number of nitrogens with one attached hydrogen (secondary N) is 1. The summed E-state index contributed by atoms with van der Waals surface area (Å²) in [6.45, 7) is 3.63. The molecule has 0 bridgehead atoms. The fourth-order valence-corrected chi connectivity index (χ4v) is 2.02. The van der Waals surface area contributed by atoms with E-state index in [0.29, 0.717) is 0 Å². The second kappa shape index (κ2) is 6.12. The SMILES string of the molecule is Cc1cc(CNCc2ccc(F)cc2)ccc1Br. The summed E-state index contributed by atoms with van der Waals surface area (Å²) in [5, 5.41) is 3.35. The maximum Gasteiger partial charge on any atom is 0.123 e. The van der Waals surface area contributed by atoms with E-state index >= 15 is 0 Å². The lowest BCUT2D eigenvalue weighted by Gasteiger charge is -2.07. The Labute approximate surface area is 115 Å². The second-order valence-electron chi connectivity index (χ2n) is 4.31. The van der Waals surface area contributed by atoms with E-state index < -0.39 is 0 Å². The van der Waals surface area contributed by atoms with Crippen molar-refractivity contribution in [3.63, 3.8) is 0 Å². The summed E-state index contributed by atoms with van der Waals surface area (Å²) in [5.74, 6) is -0.192. The Morgan fingerprint density at radius 2 is 1.61 bits per heavy atom. The smallest absolute Gasteiger partial charge is 0.123 e. The second-order valence-corrected chi connectivity index (χ2v) is 5.17. The van der Waals surface area contributed by atoms with Gasteiger partial charge in [0, 0.05) is 17.6 Å². The lowest BCUT2D eigenvalue weighted by atomic mass is 10.1. The quantitative estimate of drug-likeness (QED) is 0.893. The van der Waals surface area contributed by atoms with Crippen molar-refractivity contribution in [2.24, 2.45) is 0 Å². The molecule has 0 aliphatic carbocycles. The van der Waals surface area contributed by atoms with Crippen LogP contribution in [0.3, 0.4) is 0 Å². The number of aryl methyl sites for hydroxylation is 1. The van der Waals surface area contributed by atoms with Gasteiger partial charge in [0.15, 0.2) is 0 Å². The van der Waals surface area contributed by atoms with Crippen LogP contribution in [0.5, 0.6) is 0 Å². The molecule has 0 amide bonds. The average molecular weight is 308 g/mol. The van der Waals surface area contributed by atoms with E-state index in [1.807, 2.05) is 0 Å². The molecule has 0 saturated carbocycles. The Morgan fingerprint density at radius 1 is 1.00 bits per heavy atom. The van der Waals surface area contributed by atoms with Crippen LogP contribution in [0.4, 0.5) is 4.39 Å². The molecule has 2 aromatic rings. The van der Waals surface area contributed by atoms with E-state index in [2.05, 4.69) is 46.4 Å². The van der Waals surface area contributed by atoms with Gasteiger partial charge in [-0.25, -0.2) is 4.39 Å². The fourth-order valence-electron chi connectivity index (χ4n) is 1.77. The molecule has 0 unspecified atom stereocenters. The Hall–Kier alpha value is -1.19. The van der Waals surface area contributed by atoms with E-state index in [1.54, 1.807) is 12.1 Å². The third-order valence-corrected chi connectivity index (χ3v) is 3.68. The largest absolute Gasteiger partial charge is 0.309 e. The molecule has 0 aliphatic heterocycles. The molecule has 1 N–H and O–H groups in total. The maximum absolute atomic E-state index is 12.7. The zero-order chi connectivity index (χ0) is 13.0. The molecule has 0 spiro atoms. The maximum atomic E-state index is 12.7. The van der Waals surface area contributed by atoms with Crippen LogP contribution in [0.15, 0.2) is 46.9 Å². The minimum atomic E-state index is -0.192. The molecule has 0 atom stereocenters. The molecule has 0 saturated heterocycles. The van der Waals surface area contributed by atoms with Crippen molar-refractivity contribution in [1.82, 2.24) is 5.32 Å². The monoisotopic (exact) mass is 307 g/mol. The van der Waals surface area contributed by atoms with Crippen molar-refractivity contribution in [3.05, 3.63) is 69.4 Å². The summed E-state index contributed by atoms with van der Waals surface area (Å²) < 4.78 is 13.9. The zero-order valence-electron chi connectivity index (χ0n) is 10.2. The summed E-state index contributed by atoms with van der Waals surface area (Å²) in [6, 6.07) is 12.9. The van der Waals surface area contributed by atoms with Crippen LogP contribution in [-0.4, -0.2) is 0 Å². The highest BCUT2D eigenvalue weighted by Crippen LogP contribution is 2.17. The van der Waals surface area contributed by atoms with Gasteiger partial charge in [0.1, 0.15) is 5.82 Å². The average Bonchev–Trinajstić information content (AvgIpc) is 2.36. The van der Waals surface area contributed by atoms with Gasteiger partial charge >= 0.3 is 0 Å². The predicted molar refractivity (Wildman–Crippen MR) is 75.8 cm³/mol. The van der Waals surface area contributed by atoms with Gasteiger partial charge < -0.3 is 5.32 Å². The molecule has 0 aromatic heterocycles. The highest BCUT2D eigenvalue weighted by Gasteiger charge is 1.98. The number of benzene rings is 2. The zero-order valence-corrected chi connectivity index (χ0v) is 11.8. The first-order chi connectivity index (χ1) is 8.65. The minimum absolute atomic E-state index is 0.192. The van der Waals surface area contributed by atoms with Crippen molar-refractivity contribution in [2.75, 3.05) is 0 Å². The third-order valence-electron chi connectivity index (χ3n) is 2.79. The number of rotatable bonds is 4. The first-order valence-electron chi connectivity index (χ1n) is 5.85. The molecule has 0 aliphatic rings. The molecule has 2 rings (SSSR count). The Kier molecular flexibility index (Phi) is 4.50. The van der Waals surface area contributed by atoms with E-state index in [4.69, 9.17) is 0 Å². The van der Waals surface area contributed by atoms with Crippen molar-refractivity contribution in [2.45, 2.75) is 20.0 Å². The highest BCUT2D eigenvalue weighted by molar-refractivity contribution is 9.10. The number of hydrogen-bond donors (Lipinski definition) is 1. The first kappa shape index (κ1) is 13.2. The molecular weight excluding hydrogens is 293 g/mol. The van der Waals surface area contributed by atoms with E-state index in [0.717, 1.165) is 23.1 Å². The van der Waals surface area contributed by atoms with Gasteiger partial charge in [0.2, 0.25) is 0 Å². The lowest BCUT2D eigenvalue weighted by Crippen LogP contribution is -2.12. The molecule has 0 fully saturated rings. The van der Waals surface area contributed by atoms with Crippen LogP contribution in [0.25, 0.3) is 0 Å². The molecular formula is C15H15BrFN. The van der Waals surface area contributed by atoms with Gasteiger partial charge in [0.05, 0.1) is 0 Å². The van der Waals surface area contributed by atoms with Crippen molar-refractivity contribution in [1.29, 1.82) is 0 Å². The van der Waals surface area contributed by atoms with Crippen molar-refractivity contribution >= 4 is 15.9 Å². The van der Waals surface area contributed by atoms with Gasteiger partial charge in [-0.1, -0.05) is 40.2 Å². The van der Waals surface area contributed by atoms with Crippen LogP contribution in [0, 0.1) is 12.7 Å². The molecule has 0 radical (unpaired) electrons. The van der Waals surface area contributed by atoms with Crippen molar-refractivity contribution < 1.29 is 4.39 Å². The summed E-state index contributed by atoms with van der Waals surface area (Å²) in [7, 11) is 0. The van der Waals surface area contributed by atoms with Crippen LogP contribution in [-0.2, 0) is 13.1 Å². The van der Waals surface area contributed by atoms with Crippen LogP contribution >= 0.6 is 15.9 Å². The fraction of sp³-hybridized carbons (Fsp3) is 0.200. The minimum Gasteiger partial charge on any atom is -0.309 e. The summed E-state index contributed by atoms with van der Waals surface area (Å²) in [6.07, 6.45) is 0. The number of hydrogen-bond acceptors (Lipinski definition) is 1. The molecule has 2 aromatic carbocycles. The molecule has 1 nitrogen and oxygen atoms in total. The Bertz CT molecular complexity index is 523. The van der Waals surface area contributed by atoms with E-state index in [9.17, 15) is 4.39 Å². The van der Waals surface area contributed by atoms with Gasteiger partial charge in [-0.15, -0.1) is 0 Å². The highest BCUT2D eigenvalue weighted by atomic mass is 79.9. The van der Waals surface area contributed by atoms with Gasteiger partial charge in [-0.05, 0) is 41.8 Å². The van der Waals surface area contributed by atoms with Crippen LogP contribution < -0.4 is 5.32 Å². The van der Waals surface area contributed by atoms with Crippen LogP contribution in [0.2, 0.25) is 0 Å². The summed E-state index contributed by atoms with van der Waals surface area (Å²) in [5.41, 5.74) is 3.57. The predicted octanol–water partition coefficient (Wildman–Crippen LogP) is 4.19. The van der Waals surface area contributed by atoms with E-state index in [1.165, 1.54) is 23.3 Å². The third kappa shape index (κ3) is 3.65. The van der Waals surface area contributed by atoms with E-state index in [-0.39, 0.29) is 5.82 Å². The molecule has 18 heavy (non-hydrogen) atoms. The van der Waals surface area contributed by atoms with Gasteiger partial charge in [0.25, 0.3) is 0 Å². The van der Waals surface area contributed by atoms with Gasteiger partial charge in [-0.3, -0.25) is 0 Å². The lowest BCUT2D eigenvalue weighted by molar-refractivity contribution is 0.625. The normalized spacial score (nSPS) is 10.6. The number of halogens is 2. The van der Waals surface area contributed by atoms with Crippen molar-refractivity contribution in [3.8, 4) is 0 Å². The Morgan fingerprint density at radius 3 is 2.28 bits per heavy atom.